The molecule has 3 aliphatic heterocycles. The number of fused-ring (bicyclic) bond motifs is 1. The molecule has 4 nitrogen and oxygen atoms in total. The topological polar surface area (TPSA) is 32.8 Å². The van der Waals surface area contributed by atoms with Gasteiger partial charge in [-0.25, -0.2) is 0 Å². The van der Waals surface area contributed by atoms with E-state index >= 15 is 0 Å². The van der Waals surface area contributed by atoms with Crippen molar-refractivity contribution in [2.24, 2.45) is 0 Å². The van der Waals surface area contributed by atoms with Gasteiger partial charge in [-0.2, -0.15) is 0 Å². The van der Waals surface area contributed by atoms with Crippen molar-refractivity contribution in [3.8, 4) is 0 Å². The molecule has 3 heterocycles. The number of rotatable bonds is 2. The number of hydrogen-bond donors (Lipinski definition) is 0. The molecule has 3 aliphatic rings. The number of carbonyl (C=O) groups excluding carboxylic acids is 1. The summed E-state index contributed by atoms with van der Waals surface area (Å²) in [6, 6.07) is 11.0. The Bertz CT molecular complexity index is 568. The SMILES string of the molecule is O=C(N1CCN2CCCCC2C1)C1(c2ccccc2)CCOCC1. The summed E-state index contributed by atoms with van der Waals surface area (Å²) in [4.78, 5) is 18.3. The lowest BCUT2D eigenvalue weighted by Crippen LogP contribution is -2.60. The summed E-state index contributed by atoms with van der Waals surface area (Å²) in [6.07, 6.45) is 5.48. The molecule has 4 rings (SSSR count). The van der Waals surface area contributed by atoms with Gasteiger partial charge in [0.25, 0.3) is 0 Å². The Kier molecular flexibility index (Phi) is 4.59. The van der Waals surface area contributed by atoms with Crippen molar-refractivity contribution in [3.63, 3.8) is 0 Å². The molecule has 3 fully saturated rings. The first-order valence-electron chi connectivity index (χ1n) is 9.46. The number of nitrogens with zero attached hydrogens (tertiary/aromatic N) is 2. The highest BCUT2D eigenvalue weighted by Crippen LogP contribution is 2.37. The summed E-state index contributed by atoms with van der Waals surface area (Å²) in [5, 5.41) is 0. The minimum Gasteiger partial charge on any atom is -0.381 e. The van der Waals surface area contributed by atoms with Gasteiger partial charge in [-0.3, -0.25) is 9.69 Å². The van der Waals surface area contributed by atoms with Crippen molar-refractivity contribution >= 4 is 5.91 Å². The van der Waals surface area contributed by atoms with Crippen molar-refractivity contribution < 1.29 is 9.53 Å². The molecule has 130 valence electrons. The summed E-state index contributed by atoms with van der Waals surface area (Å²) in [7, 11) is 0. The van der Waals surface area contributed by atoms with Gasteiger partial charge in [0.2, 0.25) is 5.91 Å². The predicted octanol–water partition coefficient (Wildman–Crippen LogP) is 2.43. The average Bonchev–Trinajstić information content (AvgIpc) is 2.68. The van der Waals surface area contributed by atoms with E-state index in [4.69, 9.17) is 4.74 Å². The minimum atomic E-state index is -0.379. The van der Waals surface area contributed by atoms with E-state index in [0.717, 1.165) is 32.5 Å². The number of hydrogen-bond acceptors (Lipinski definition) is 3. The van der Waals surface area contributed by atoms with E-state index in [1.165, 1.54) is 31.4 Å². The number of piperazine rings is 1. The number of piperidine rings is 1. The second-order valence-corrected chi connectivity index (χ2v) is 7.50. The Morgan fingerprint density at radius 1 is 1.04 bits per heavy atom. The molecule has 1 unspecified atom stereocenters. The smallest absolute Gasteiger partial charge is 0.233 e. The lowest BCUT2D eigenvalue weighted by molar-refractivity contribution is -0.145. The standard InChI is InChI=1S/C20H28N2O2/c23-19(22-13-12-21-11-5-4-8-18(21)16-22)20(9-14-24-15-10-20)17-6-2-1-3-7-17/h1-3,6-7,18H,4-5,8-16H2. The van der Waals surface area contributed by atoms with Gasteiger partial charge >= 0.3 is 0 Å². The van der Waals surface area contributed by atoms with Gasteiger partial charge in [0.15, 0.2) is 0 Å². The van der Waals surface area contributed by atoms with Crippen LogP contribution in [0.2, 0.25) is 0 Å². The molecular weight excluding hydrogens is 300 g/mol. The molecule has 1 amide bonds. The normalized spacial score (nSPS) is 27.5. The zero-order valence-corrected chi connectivity index (χ0v) is 14.5. The first kappa shape index (κ1) is 16.1. The molecule has 0 bridgehead atoms. The summed E-state index contributed by atoms with van der Waals surface area (Å²) in [5.74, 6) is 0.335. The van der Waals surface area contributed by atoms with E-state index < -0.39 is 0 Å². The second-order valence-electron chi connectivity index (χ2n) is 7.50. The molecule has 0 spiro atoms. The molecule has 0 saturated carbocycles. The molecule has 1 aromatic rings. The quantitative estimate of drug-likeness (QED) is 0.836. The van der Waals surface area contributed by atoms with E-state index in [-0.39, 0.29) is 5.41 Å². The molecule has 1 atom stereocenters. The van der Waals surface area contributed by atoms with Gasteiger partial charge in [0.05, 0.1) is 5.41 Å². The molecule has 3 saturated heterocycles. The van der Waals surface area contributed by atoms with E-state index in [0.29, 0.717) is 25.2 Å². The van der Waals surface area contributed by atoms with Crippen LogP contribution < -0.4 is 0 Å². The van der Waals surface area contributed by atoms with Crippen LogP contribution in [-0.4, -0.2) is 61.1 Å². The third-order valence-electron chi connectivity index (χ3n) is 6.21. The molecular formula is C20H28N2O2. The predicted molar refractivity (Wildman–Crippen MR) is 94.0 cm³/mol. The fourth-order valence-electron chi connectivity index (χ4n) is 4.75. The Balaban J connectivity index is 1.58. The fraction of sp³-hybridized carbons (Fsp3) is 0.650. The maximum absolute atomic E-state index is 13.6. The zero-order chi connectivity index (χ0) is 16.4. The molecule has 1 aromatic carbocycles. The summed E-state index contributed by atoms with van der Waals surface area (Å²) < 4.78 is 5.59. The fourth-order valence-corrected chi connectivity index (χ4v) is 4.75. The average molecular weight is 328 g/mol. The Hall–Kier alpha value is -1.39. The van der Waals surface area contributed by atoms with Crippen LogP contribution in [0.4, 0.5) is 0 Å². The Labute approximate surface area is 144 Å². The van der Waals surface area contributed by atoms with Gasteiger partial charge in [-0.1, -0.05) is 36.8 Å². The third kappa shape index (κ3) is 2.86. The summed E-state index contributed by atoms with van der Waals surface area (Å²) in [5.41, 5.74) is 0.792. The van der Waals surface area contributed by atoms with E-state index in [2.05, 4.69) is 34.1 Å². The largest absolute Gasteiger partial charge is 0.381 e. The molecule has 0 N–H and O–H groups in total. The van der Waals surface area contributed by atoms with Crippen LogP contribution in [0, 0.1) is 0 Å². The van der Waals surface area contributed by atoms with E-state index in [1.54, 1.807) is 0 Å². The minimum absolute atomic E-state index is 0.335. The molecule has 0 aliphatic carbocycles. The highest BCUT2D eigenvalue weighted by atomic mass is 16.5. The van der Waals surface area contributed by atoms with Gasteiger partial charge in [-0.15, -0.1) is 0 Å². The van der Waals surface area contributed by atoms with Crippen molar-refractivity contribution in [3.05, 3.63) is 35.9 Å². The first-order chi connectivity index (χ1) is 11.8. The Morgan fingerprint density at radius 2 is 1.83 bits per heavy atom. The number of amides is 1. The van der Waals surface area contributed by atoms with Gasteiger partial charge in [0, 0.05) is 38.9 Å². The van der Waals surface area contributed by atoms with E-state index in [1.807, 2.05) is 6.07 Å². The second kappa shape index (κ2) is 6.85. The summed E-state index contributed by atoms with van der Waals surface area (Å²) >= 11 is 0. The van der Waals surface area contributed by atoms with Crippen molar-refractivity contribution in [1.29, 1.82) is 0 Å². The summed E-state index contributed by atoms with van der Waals surface area (Å²) in [6.45, 7) is 5.41. The Morgan fingerprint density at radius 3 is 2.62 bits per heavy atom. The number of carbonyl (C=O) groups is 1. The van der Waals surface area contributed by atoms with E-state index in [9.17, 15) is 4.79 Å². The monoisotopic (exact) mass is 328 g/mol. The van der Waals surface area contributed by atoms with Crippen LogP contribution in [0.1, 0.15) is 37.7 Å². The van der Waals surface area contributed by atoms with Crippen LogP contribution in [0.3, 0.4) is 0 Å². The van der Waals surface area contributed by atoms with Crippen molar-refractivity contribution in [2.75, 3.05) is 39.4 Å². The number of benzene rings is 1. The van der Waals surface area contributed by atoms with Gasteiger partial charge in [0.1, 0.15) is 0 Å². The zero-order valence-electron chi connectivity index (χ0n) is 14.5. The van der Waals surface area contributed by atoms with Crippen LogP contribution in [0.15, 0.2) is 30.3 Å². The van der Waals surface area contributed by atoms with Crippen LogP contribution in [-0.2, 0) is 14.9 Å². The van der Waals surface area contributed by atoms with Crippen LogP contribution in [0.5, 0.6) is 0 Å². The first-order valence-corrected chi connectivity index (χ1v) is 9.46. The van der Waals surface area contributed by atoms with Gasteiger partial charge < -0.3 is 9.64 Å². The van der Waals surface area contributed by atoms with Crippen molar-refractivity contribution in [1.82, 2.24) is 9.80 Å². The van der Waals surface area contributed by atoms with Crippen LogP contribution in [0.25, 0.3) is 0 Å². The molecule has 0 radical (unpaired) electrons. The maximum atomic E-state index is 13.6. The number of ether oxygens (including phenoxy) is 1. The van der Waals surface area contributed by atoms with Crippen molar-refractivity contribution in [2.45, 2.75) is 43.6 Å². The molecule has 24 heavy (non-hydrogen) atoms. The van der Waals surface area contributed by atoms with Gasteiger partial charge in [-0.05, 0) is 37.8 Å². The lowest BCUT2D eigenvalue weighted by Gasteiger charge is -2.47. The molecule has 4 heteroatoms. The lowest BCUT2D eigenvalue weighted by atomic mass is 9.72. The van der Waals surface area contributed by atoms with Crippen LogP contribution >= 0.6 is 0 Å². The highest BCUT2D eigenvalue weighted by Gasteiger charge is 2.45. The highest BCUT2D eigenvalue weighted by molar-refractivity contribution is 5.88. The maximum Gasteiger partial charge on any atom is 0.233 e. The molecule has 0 aromatic heterocycles. The third-order valence-corrected chi connectivity index (χ3v) is 6.21.